The highest BCUT2D eigenvalue weighted by molar-refractivity contribution is 6.53. The van der Waals surface area contributed by atoms with Gasteiger partial charge in [-0.05, 0) is 42.0 Å². The number of amides is 2. The van der Waals surface area contributed by atoms with Crippen LogP contribution < -0.4 is 10.6 Å². The SMILES string of the molecule is C=C(F)c1c(F)cnc(NC(=O)c2cc(NC(=O)[C@@H]3[C@@H](c4cc(Cl)cc(Cl)c4)C3(Cl)Cl)ccc2Cl)c1F. The largest absolute Gasteiger partial charge is 0.326 e. The van der Waals surface area contributed by atoms with E-state index in [-0.39, 0.29) is 16.3 Å². The Hall–Kier alpha value is -2.49. The molecule has 3 aromatic rings. The van der Waals surface area contributed by atoms with Gasteiger partial charge in [0, 0.05) is 21.7 Å². The molecule has 2 amide bonds. The van der Waals surface area contributed by atoms with Gasteiger partial charge in [-0.15, -0.1) is 23.2 Å². The van der Waals surface area contributed by atoms with Gasteiger partial charge in [0.05, 0.1) is 28.3 Å². The third-order valence-corrected chi connectivity index (χ3v) is 7.24. The number of alkyl halides is 2. The molecule has 1 saturated carbocycles. The van der Waals surface area contributed by atoms with Crippen LogP contribution >= 0.6 is 58.0 Å². The van der Waals surface area contributed by atoms with Gasteiger partial charge in [-0.25, -0.2) is 18.2 Å². The van der Waals surface area contributed by atoms with Crippen LogP contribution in [0.15, 0.2) is 49.2 Å². The first-order valence-electron chi connectivity index (χ1n) is 10.3. The molecular weight excluding hydrogens is 597 g/mol. The first kappa shape index (κ1) is 27.5. The smallest absolute Gasteiger partial charge is 0.258 e. The molecule has 2 atom stereocenters. The Kier molecular flexibility index (Phi) is 7.70. The van der Waals surface area contributed by atoms with Crippen molar-refractivity contribution < 1.29 is 22.8 Å². The molecule has 1 aliphatic rings. The van der Waals surface area contributed by atoms with Crippen molar-refractivity contribution in [3.8, 4) is 0 Å². The summed E-state index contributed by atoms with van der Waals surface area (Å²) in [7, 11) is 0. The summed E-state index contributed by atoms with van der Waals surface area (Å²) in [5.41, 5.74) is -0.544. The Bertz CT molecular complexity index is 1450. The van der Waals surface area contributed by atoms with E-state index in [0.29, 0.717) is 21.8 Å². The molecule has 2 N–H and O–H groups in total. The van der Waals surface area contributed by atoms with Crippen LogP contribution in [0.5, 0.6) is 0 Å². The van der Waals surface area contributed by atoms with Crippen LogP contribution in [0.3, 0.4) is 0 Å². The van der Waals surface area contributed by atoms with Gasteiger partial charge in [-0.3, -0.25) is 9.59 Å². The predicted molar refractivity (Wildman–Crippen MR) is 139 cm³/mol. The van der Waals surface area contributed by atoms with Crippen LogP contribution in [0, 0.1) is 17.6 Å². The van der Waals surface area contributed by atoms with Gasteiger partial charge in [-0.2, -0.15) is 0 Å². The quantitative estimate of drug-likeness (QED) is 0.278. The van der Waals surface area contributed by atoms with Gasteiger partial charge in [0.25, 0.3) is 5.91 Å². The number of hydrogen-bond acceptors (Lipinski definition) is 3. The fraction of sp³-hybridized carbons (Fsp3) is 0.125. The van der Waals surface area contributed by atoms with E-state index < -0.39 is 56.8 Å². The van der Waals surface area contributed by atoms with Crippen molar-refractivity contribution in [1.29, 1.82) is 0 Å². The van der Waals surface area contributed by atoms with Gasteiger partial charge in [0.1, 0.15) is 10.2 Å². The lowest BCUT2D eigenvalue weighted by Crippen LogP contribution is -2.19. The minimum absolute atomic E-state index is 0.0601. The molecule has 192 valence electrons. The maximum atomic E-state index is 14.5. The molecule has 0 unspecified atom stereocenters. The molecule has 5 nitrogen and oxygen atoms in total. The van der Waals surface area contributed by atoms with Crippen molar-refractivity contribution in [2.75, 3.05) is 10.6 Å². The number of carbonyl (C=O) groups excluding carboxylic acids is 2. The monoisotopic (exact) mass is 607 g/mol. The van der Waals surface area contributed by atoms with Crippen molar-refractivity contribution in [3.05, 3.63) is 92.6 Å². The van der Waals surface area contributed by atoms with Crippen molar-refractivity contribution in [3.63, 3.8) is 0 Å². The Morgan fingerprint density at radius 1 is 1.00 bits per heavy atom. The number of halogens is 8. The summed E-state index contributed by atoms with van der Waals surface area (Å²) in [5.74, 6) is -7.88. The second kappa shape index (κ2) is 10.3. The lowest BCUT2D eigenvalue weighted by Gasteiger charge is -2.11. The first-order chi connectivity index (χ1) is 17.3. The maximum absolute atomic E-state index is 14.5. The molecule has 1 fully saturated rings. The first-order valence-corrected chi connectivity index (χ1v) is 12.1. The Morgan fingerprint density at radius 2 is 1.65 bits per heavy atom. The predicted octanol–water partition coefficient (Wildman–Crippen LogP) is 8.04. The molecule has 1 aliphatic carbocycles. The molecular formula is C24H13Cl5F3N3O2. The highest BCUT2D eigenvalue weighted by Crippen LogP contribution is 2.65. The second-order valence-electron chi connectivity index (χ2n) is 8.02. The van der Waals surface area contributed by atoms with Crippen molar-refractivity contribution in [2.24, 2.45) is 5.92 Å². The fourth-order valence-electron chi connectivity index (χ4n) is 3.80. The Balaban J connectivity index is 1.54. The number of nitrogens with zero attached hydrogens (tertiary/aromatic N) is 1. The zero-order valence-electron chi connectivity index (χ0n) is 18.2. The number of benzene rings is 2. The molecule has 0 aliphatic heterocycles. The number of aromatic nitrogens is 1. The minimum atomic E-state index is -1.46. The van der Waals surface area contributed by atoms with Gasteiger partial charge in [-0.1, -0.05) is 41.4 Å². The highest BCUT2D eigenvalue weighted by Gasteiger charge is 2.67. The van der Waals surface area contributed by atoms with Crippen molar-refractivity contribution >= 4 is 87.2 Å². The summed E-state index contributed by atoms with van der Waals surface area (Å²) in [6.45, 7) is 2.86. The number of rotatable bonds is 6. The third kappa shape index (κ3) is 5.54. The number of anilines is 2. The summed E-state index contributed by atoms with van der Waals surface area (Å²) in [5, 5.41) is 5.33. The van der Waals surface area contributed by atoms with Crippen LogP contribution in [0.4, 0.5) is 24.7 Å². The van der Waals surface area contributed by atoms with E-state index >= 15 is 0 Å². The van der Waals surface area contributed by atoms with E-state index in [2.05, 4.69) is 22.2 Å². The lowest BCUT2D eigenvalue weighted by molar-refractivity contribution is -0.117. The van der Waals surface area contributed by atoms with Crippen LogP contribution in [0.25, 0.3) is 5.83 Å². The zero-order chi connectivity index (χ0) is 27.2. The molecule has 0 saturated heterocycles. The minimum Gasteiger partial charge on any atom is -0.326 e. The topological polar surface area (TPSA) is 71.1 Å². The number of hydrogen-bond donors (Lipinski definition) is 2. The second-order valence-corrected chi connectivity index (χ2v) is 10.7. The number of nitrogens with one attached hydrogen (secondary N) is 2. The lowest BCUT2D eigenvalue weighted by atomic mass is 10.1. The van der Waals surface area contributed by atoms with E-state index in [0.717, 1.165) is 0 Å². The summed E-state index contributed by atoms with van der Waals surface area (Å²) in [4.78, 5) is 29.1. The van der Waals surface area contributed by atoms with Gasteiger partial charge in [0.2, 0.25) is 5.91 Å². The summed E-state index contributed by atoms with van der Waals surface area (Å²) < 4.78 is 40.1. The number of carbonyl (C=O) groups is 2. The van der Waals surface area contributed by atoms with Crippen LogP contribution in [0.2, 0.25) is 15.1 Å². The van der Waals surface area contributed by atoms with E-state index in [9.17, 15) is 22.8 Å². The Labute approximate surface area is 233 Å². The molecule has 4 rings (SSSR count). The Morgan fingerprint density at radius 3 is 2.27 bits per heavy atom. The summed E-state index contributed by atoms with van der Waals surface area (Å²) in [6, 6.07) is 8.66. The van der Waals surface area contributed by atoms with Gasteiger partial charge < -0.3 is 10.6 Å². The molecule has 2 aromatic carbocycles. The number of pyridine rings is 1. The van der Waals surface area contributed by atoms with Gasteiger partial charge in [0.15, 0.2) is 17.5 Å². The van der Waals surface area contributed by atoms with Crippen LogP contribution in [-0.2, 0) is 4.79 Å². The molecule has 0 spiro atoms. The molecule has 1 aromatic heterocycles. The van der Waals surface area contributed by atoms with Crippen molar-refractivity contribution in [2.45, 2.75) is 10.3 Å². The summed E-state index contributed by atoms with van der Waals surface area (Å²) >= 11 is 30.9. The van der Waals surface area contributed by atoms with Crippen molar-refractivity contribution in [1.82, 2.24) is 4.98 Å². The van der Waals surface area contributed by atoms with E-state index in [1.54, 1.807) is 12.1 Å². The standard InChI is InChI=1S/C24H13Cl5F3N3O2/c1-9(30)17-16(31)8-33-21(20(17)32)35-22(36)14-7-13(2-3-15(14)27)34-23(37)19-18(24(19,28)29)10-4-11(25)6-12(26)5-10/h2-8,18-19H,1H2,(H,34,37)(H,33,35,36)/t18-,19+/m1/s1. The van der Waals surface area contributed by atoms with Gasteiger partial charge >= 0.3 is 0 Å². The average molecular weight is 610 g/mol. The van der Waals surface area contributed by atoms with E-state index in [1.807, 2.05) is 0 Å². The maximum Gasteiger partial charge on any atom is 0.258 e. The van der Waals surface area contributed by atoms with Crippen LogP contribution in [0.1, 0.15) is 27.4 Å². The molecule has 1 heterocycles. The zero-order valence-corrected chi connectivity index (χ0v) is 22.0. The molecule has 13 heteroatoms. The molecule has 37 heavy (non-hydrogen) atoms. The molecule has 0 bridgehead atoms. The van der Waals surface area contributed by atoms with E-state index in [1.165, 1.54) is 24.3 Å². The fourth-order valence-corrected chi connectivity index (χ4v) is 5.37. The average Bonchev–Trinajstić information content (AvgIpc) is 3.38. The third-order valence-electron chi connectivity index (χ3n) is 5.53. The normalized spacial score (nSPS) is 17.7. The van der Waals surface area contributed by atoms with E-state index in [4.69, 9.17) is 58.0 Å². The highest BCUT2D eigenvalue weighted by atomic mass is 35.5. The molecule has 0 radical (unpaired) electrons. The van der Waals surface area contributed by atoms with Crippen LogP contribution in [-0.4, -0.2) is 21.1 Å². The summed E-state index contributed by atoms with van der Waals surface area (Å²) in [6.07, 6.45) is 0.529.